The second kappa shape index (κ2) is 8.26. The highest BCUT2D eigenvalue weighted by Crippen LogP contribution is 2.40. The monoisotopic (exact) mass is 351 g/mol. The molecule has 128 valence electrons. The van der Waals surface area contributed by atoms with Gasteiger partial charge in [-0.25, -0.2) is 0 Å². The number of hydrogen-bond donors (Lipinski definition) is 1. The van der Waals surface area contributed by atoms with Crippen LogP contribution in [-0.2, 0) is 17.7 Å². The largest absolute Gasteiger partial charge is 0.340 e. The van der Waals surface area contributed by atoms with E-state index >= 15 is 0 Å². The molecule has 0 aliphatic heterocycles. The lowest BCUT2D eigenvalue weighted by molar-refractivity contribution is 0.288. The first-order chi connectivity index (χ1) is 12.1. The van der Waals surface area contributed by atoms with Crippen LogP contribution in [0.1, 0.15) is 11.1 Å². The molecule has 1 unspecified atom stereocenters. The molecule has 0 aliphatic rings. The Balaban J connectivity index is 1.81. The van der Waals surface area contributed by atoms with Crippen molar-refractivity contribution >= 4 is 12.7 Å². The molecule has 0 spiro atoms. The van der Waals surface area contributed by atoms with E-state index in [1.54, 1.807) is 24.3 Å². The smallest absolute Gasteiger partial charge is 0.243 e. The van der Waals surface area contributed by atoms with Gasteiger partial charge in [0.2, 0.25) is 7.37 Å². The van der Waals surface area contributed by atoms with Crippen LogP contribution in [0.15, 0.2) is 91.0 Å². The van der Waals surface area contributed by atoms with Crippen molar-refractivity contribution in [3.63, 3.8) is 0 Å². The molecular formula is C21H22NO2P. The van der Waals surface area contributed by atoms with Gasteiger partial charge in [-0.3, -0.25) is 9.46 Å². The number of nitrogens with zero attached hydrogens (tertiary/aromatic N) is 1. The van der Waals surface area contributed by atoms with Crippen LogP contribution in [0.3, 0.4) is 0 Å². The second-order valence-electron chi connectivity index (χ2n) is 6.14. The third kappa shape index (κ3) is 5.14. The molecule has 0 fully saturated rings. The lowest BCUT2D eigenvalue weighted by atomic mass is 10.2. The molecule has 3 rings (SSSR count). The highest BCUT2D eigenvalue weighted by atomic mass is 31.2. The second-order valence-corrected chi connectivity index (χ2v) is 8.34. The summed E-state index contributed by atoms with van der Waals surface area (Å²) in [5, 5.41) is 0.501. The lowest BCUT2D eigenvalue weighted by Crippen LogP contribution is -2.26. The summed E-state index contributed by atoms with van der Waals surface area (Å²) in [5.41, 5.74) is 2.26. The van der Waals surface area contributed by atoms with Crippen LogP contribution in [-0.4, -0.2) is 16.1 Å². The van der Waals surface area contributed by atoms with E-state index in [0.717, 1.165) is 11.1 Å². The molecule has 0 aromatic heterocycles. The van der Waals surface area contributed by atoms with Gasteiger partial charge >= 0.3 is 0 Å². The molecule has 1 N–H and O–H groups in total. The summed E-state index contributed by atoms with van der Waals surface area (Å²) in [6.07, 6.45) is 0.126. The fourth-order valence-electron chi connectivity index (χ4n) is 2.85. The zero-order valence-corrected chi connectivity index (χ0v) is 14.9. The van der Waals surface area contributed by atoms with E-state index in [1.807, 2.05) is 71.6 Å². The first kappa shape index (κ1) is 17.6. The predicted octanol–water partition coefficient (Wildman–Crippen LogP) is 4.24. The maximum Gasteiger partial charge on any atom is 0.243 e. The zero-order chi connectivity index (χ0) is 17.5. The first-order valence-corrected chi connectivity index (χ1v) is 10.2. The molecule has 0 heterocycles. The quantitative estimate of drug-likeness (QED) is 0.647. The van der Waals surface area contributed by atoms with Crippen LogP contribution in [0.5, 0.6) is 0 Å². The number of hydrogen-bond acceptors (Lipinski definition) is 2. The summed E-state index contributed by atoms with van der Waals surface area (Å²) in [6, 6.07) is 29.0. The minimum absolute atomic E-state index is 0.126. The Morgan fingerprint density at radius 3 is 1.52 bits per heavy atom. The molecule has 0 aliphatic carbocycles. The highest BCUT2D eigenvalue weighted by Gasteiger charge is 2.25. The third-order valence-corrected chi connectivity index (χ3v) is 5.94. The normalized spacial score (nSPS) is 13.5. The van der Waals surface area contributed by atoms with Crippen molar-refractivity contribution in [1.29, 1.82) is 0 Å². The van der Waals surface area contributed by atoms with Crippen molar-refractivity contribution < 1.29 is 9.46 Å². The van der Waals surface area contributed by atoms with E-state index in [-0.39, 0.29) is 6.29 Å². The molecule has 0 radical (unpaired) electrons. The van der Waals surface area contributed by atoms with Gasteiger partial charge in [-0.2, -0.15) is 0 Å². The number of rotatable bonds is 7. The van der Waals surface area contributed by atoms with Crippen molar-refractivity contribution in [1.82, 2.24) is 4.90 Å². The van der Waals surface area contributed by atoms with Crippen LogP contribution in [0.25, 0.3) is 0 Å². The summed E-state index contributed by atoms with van der Waals surface area (Å²) in [6.45, 7) is 1.26. The van der Waals surface area contributed by atoms with Gasteiger partial charge in [0.25, 0.3) is 0 Å². The lowest BCUT2D eigenvalue weighted by Gasteiger charge is -2.25. The summed E-state index contributed by atoms with van der Waals surface area (Å²) in [7, 11) is -3.45. The summed E-state index contributed by atoms with van der Waals surface area (Å²) in [4.78, 5) is 12.7. The van der Waals surface area contributed by atoms with Crippen molar-refractivity contribution in [2.24, 2.45) is 0 Å². The molecule has 25 heavy (non-hydrogen) atoms. The summed E-state index contributed by atoms with van der Waals surface area (Å²) >= 11 is 0. The van der Waals surface area contributed by atoms with Gasteiger partial charge in [-0.15, -0.1) is 0 Å². The summed E-state index contributed by atoms with van der Waals surface area (Å²) < 4.78 is 12.9. The maximum absolute atomic E-state index is 12.9. The van der Waals surface area contributed by atoms with Crippen LogP contribution < -0.4 is 5.30 Å². The topological polar surface area (TPSA) is 40.5 Å². The standard InChI is InChI=1S/C21H22NO2P/c23-25(24,21-14-8-3-9-15-21)18-22(16-19-10-4-1-5-11-19)17-20-12-6-2-7-13-20/h1-15H,16-18H2,(H,23,24). The molecule has 0 saturated carbocycles. The SMILES string of the molecule is O=P(O)(CN(Cc1ccccc1)Cc1ccccc1)c1ccccc1. The highest BCUT2D eigenvalue weighted by molar-refractivity contribution is 7.66. The zero-order valence-electron chi connectivity index (χ0n) is 14.0. The molecule has 4 heteroatoms. The van der Waals surface area contributed by atoms with E-state index in [0.29, 0.717) is 18.4 Å². The van der Waals surface area contributed by atoms with Gasteiger partial charge in [0.15, 0.2) is 0 Å². The fraction of sp³-hybridized carbons (Fsp3) is 0.143. The molecule has 3 nitrogen and oxygen atoms in total. The van der Waals surface area contributed by atoms with Crippen molar-refractivity contribution in [2.45, 2.75) is 13.1 Å². The fourth-order valence-corrected chi connectivity index (χ4v) is 4.40. The van der Waals surface area contributed by atoms with Crippen LogP contribution in [0.4, 0.5) is 0 Å². The maximum atomic E-state index is 12.9. The van der Waals surface area contributed by atoms with Crippen LogP contribution in [0.2, 0.25) is 0 Å². The molecule has 3 aromatic carbocycles. The molecule has 3 aromatic rings. The summed E-state index contributed by atoms with van der Waals surface area (Å²) in [5.74, 6) is 0. The molecule has 0 bridgehead atoms. The van der Waals surface area contributed by atoms with E-state index < -0.39 is 7.37 Å². The Bertz CT molecular complexity index is 781. The van der Waals surface area contributed by atoms with Crippen LogP contribution >= 0.6 is 7.37 Å². The van der Waals surface area contributed by atoms with Crippen molar-refractivity contribution in [3.8, 4) is 0 Å². The minimum Gasteiger partial charge on any atom is -0.340 e. The van der Waals surface area contributed by atoms with E-state index in [4.69, 9.17) is 0 Å². The Hall–Kier alpha value is -2.19. The van der Waals surface area contributed by atoms with E-state index in [9.17, 15) is 9.46 Å². The first-order valence-electron chi connectivity index (χ1n) is 8.31. The Morgan fingerprint density at radius 2 is 1.08 bits per heavy atom. The molecule has 0 saturated heterocycles. The molecule has 1 atom stereocenters. The Labute approximate surface area is 149 Å². The van der Waals surface area contributed by atoms with Gasteiger partial charge in [-0.1, -0.05) is 78.9 Å². The average molecular weight is 351 g/mol. The Kier molecular flexibility index (Phi) is 5.83. The van der Waals surface area contributed by atoms with Gasteiger partial charge in [0.05, 0.1) is 6.29 Å². The predicted molar refractivity (Wildman–Crippen MR) is 103 cm³/mol. The number of benzene rings is 3. The van der Waals surface area contributed by atoms with Gasteiger partial charge in [-0.05, 0) is 23.3 Å². The Morgan fingerprint density at radius 1 is 0.680 bits per heavy atom. The van der Waals surface area contributed by atoms with E-state index in [2.05, 4.69) is 0 Å². The van der Waals surface area contributed by atoms with Gasteiger partial charge in [0.1, 0.15) is 0 Å². The van der Waals surface area contributed by atoms with E-state index in [1.165, 1.54) is 0 Å². The van der Waals surface area contributed by atoms with Crippen molar-refractivity contribution in [2.75, 3.05) is 6.29 Å². The minimum atomic E-state index is -3.45. The van der Waals surface area contributed by atoms with Crippen LogP contribution in [0, 0.1) is 0 Å². The van der Waals surface area contributed by atoms with Gasteiger partial charge in [0, 0.05) is 18.4 Å². The average Bonchev–Trinajstić information content (AvgIpc) is 2.64. The molecular weight excluding hydrogens is 329 g/mol. The van der Waals surface area contributed by atoms with Crippen molar-refractivity contribution in [3.05, 3.63) is 102 Å². The molecule has 0 amide bonds. The third-order valence-electron chi connectivity index (χ3n) is 4.05. The van der Waals surface area contributed by atoms with Gasteiger partial charge < -0.3 is 4.89 Å².